The number of likely N-dealkylation sites (tertiary alicyclic amines) is 2. The fourth-order valence-electron chi connectivity index (χ4n) is 7.22. The minimum Gasteiger partial charge on any atom is -0.748 e. The van der Waals surface area contributed by atoms with Crippen LogP contribution in [-0.4, -0.2) is 120 Å². The molecule has 2 heterocycles. The van der Waals surface area contributed by atoms with Gasteiger partial charge in [0.25, 0.3) is 0 Å². The molecule has 49 heavy (non-hydrogen) atoms. The Labute approximate surface area is 293 Å². The number of benzene rings is 2. The minimum atomic E-state index is -4.20. The van der Waals surface area contributed by atoms with E-state index in [1.807, 2.05) is 0 Å². The lowest BCUT2D eigenvalue weighted by molar-refractivity contribution is -0.932. The third-order valence-electron chi connectivity index (χ3n) is 10.0. The summed E-state index contributed by atoms with van der Waals surface area (Å²) in [6.07, 6.45) is 8.81. The number of hydrogen-bond donors (Lipinski definition) is 0. The Morgan fingerprint density at radius 1 is 0.490 bits per heavy atom. The molecule has 0 amide bonds. The first-order valence-corrected chi connectivity index (χ1v) is 22.1. The van der Waals surface area contributed by atoms with Crippen molar-refractivity contribution >= 4 is 30.1 Å². The van der Waals surface area contributed by atoms with Crippen LogP contribution in [0.4, 0.5) is 0 Å². The average Bonchev–Trinajstić information content (AvgIpc) is 3.06. The summed E-state index contributed by atoms with van der Waals surface area (Å²) in [5, 5.41) is 0. The molecule has 0 unspecified atom stereocenters. The molecule has 2 aliphatic heterocycles. The van der Waals surface area contributed by atoms with E-state index in [0.717, 1.165) is 87.0 Å². The topological polar surface area (TPSA) is 167 Å². The predicted molar refractivity (Wildman–Crippen MR) is 184 cm³/mol. The Morgan fingerprint density at radius 3 is 1.16 bits per heavy atom. The number of unbranched alkanes of at least 4 members (excludes halogenated alkanes) is 2. The van der Waals surface area contributed by atoms with Crippen molar-refractivity contribution in [3.8, 4) is 11.5 Å². The monoisotopic (exact) mass is 744 g/mol. The van der Waals surface area contributed by atoms with Gasteiger partial charge in [-0.15, -0.1) is 0 Å². The highest BCUT2D eigenvalue weighted by atomic mass is 32.2. The van der Waals surface area contributed by atoms with E-state index in [9.17, 15) is 34.4 Å². The smallest absolute Gasteiger partial charge is 0.206 e. The standard InChI is InChI=1S/C34H52N2O10S3/c37-47(38,39)29-9-7-23-35(19-3-1-4-20-35)25-27-45-31-11-15-33(16-12-31)49(43,44)34-17-13-32(14-18-34)46-28-26-36(21-5-2-6-22-36)24-8-10-30-48(40,41)42/h11-18H,1-10,19-30H2. The minimum absolute atomic E-state index is 0.155. The van der Waals surface area contributed by atoms with Gasteiger partial charge >= 0.3 is 0 Å². The molecule has 0 aromatic heterocycles. The van der Waals surface area contributed by atoms with E-state index in [1.165, 1.54) is 37.1 Å². The van der Waals surface area contributed by atoms with Gasteiger partial charge in [0.2, 0.25) is 9.84 Å². The second-order valence-corrected chi connectivity index (χ2v) is 18.7. The summed E-state index contributed by atoms with van der Waals surface area (Å²) >= 11 is 0. The van der Waals surface area contributed by atoms with Crippen molar-refractivity contribution in [2.45, 2.75) is 74.0 Å². The zero-order valence-electron chi connectivity index (χ0n) is 28.4. The van der Waals surface area contributed by atoms with Crippen molar-refractivity contribution < 1.29 is 52.8 Å². The van der Waals surface area contributed by atoms with Crippen LogP contribution >= 0.6 is 0 Å². The maximum Gasteiger partial charge on any atom is 0.206 e. The number of piperidine rings is 2. The van der Waals surface area contributed by atoms with Gasteiger partial charge in [-0.1, -0.05) is 0 Å². The van der Waals surface area contributed by atoms with Crippen LogP contribution in [0, 0.1) is 0 Å². The largest absolute Gasteiger partial charge is 0.748 e. The molecule has 2 saturated heterocycles. The summed E-state index contributed by atoms with van der Waals surface area (Å²) in [5.74, 6) is 0.477. The van der Waals surface area contributed by atoms with Crippen molar-refractivity contribution in [2.75, 3.05) is 77.1 Å². The molecule has 0 atom stereocenters. The van der Waals surface area contributed by atoms with Crippen LogP contribution in [0.2, 0.25) is 0 Å². The summed E-state index contributed by atoms with van der Waals surface area (Å²) < 4.78 is 106. The van der Waals surface area contributed by atoms with Gasteiger partial charge in [-0.25, -0.2) is 25.3 Å². The zero-order chi connectivity index (χ0) is 35.4. The van der Waals surface area contributed by atoms with Crippen molar-refractivity contribution in [3.63, 3.8) is 0 Å². The molecular weight excluding hydrogens is 693 g/mol. The number of sulfone groups is 1. The molecule has 276 valence electrons. The molecule has 2 aliphatic rings. The van der Waals surface area contributed by atoms with Crippen molar-refractivity contribution in [2.24, 2.45) is 0 Å². The normalized spacial score (nSPS) is 18.2. The second kappa shape index (κ2) is 17.8. The van der Waals surface area contributed by atoms with Crippen LogP contribution in [-0.2, 0) is 30.1 Å². The number of rotatable bonds is 20. The van der Waals surface area contributed by atoms with Crippen LogP contribution < -0.4 is 9.47 Å². The quantitative estimate of drug-likeness (QED) is 0.110. The first kappa shape index (κ1) is 39.5. The number of quaternary nitrogens is 2. The molecule has 2 aromatic rings. The van der Waals surface area contributed by atoms with Crippen molar-refractivity contribution in [1.29, 1.82) is 0 Å². The van der Waals surface area contributed by atoms with Gasteiger partial charge in [-0.2, -0.15) is 0 Å². The molecule has 12 nitrogen and oxygen atoms in total. The highest BCUT2D eigenvalue weighted by Gasteiger charge is 2.30. The number of ether oxygens (including phenoxy) is 2. The van der Waals surface area contributed by atoms with E-state index in [4.69, 9.17) is 9.47 Å². The van der Waals surface area contributed by atoms with Crippen molar-refractivity contribution in [3.05, 3.63) is 48.5 Å². The van der Waals surface area contributed by atoms with Crippen LogP contribution in [0.3, 0.4) is 0 Å². The molecule has 15 heteroatoms. The third-order valence-corrected chi connectivity index (χ3v) is 13.4. The molecule has 2 fully saturated rings. The van der Waals surface area contributed by atoms with E-state index in [2.05, 4.69) is 0 Å². The highest BCUT2D eigenvalue weighted by molar-refractivity contribution is 7.91. The fraction of sp³-hybridized carbons (Fsp3) is 0.647. The lowest BCUT2D eigenvalue weighted by Gasteiger charge is -2.41. The highest BCUT2D eigenvalue weighted by Crippen LogP contribution is 2.26. The summed E-state index contributed by atoms with van der Waals surface area (Å²) in [7, 11) is -12.2. The van der Waals surface area contributed by atoms with Crippen LogP contribution in [0.15, 0.2) is 58.3 Å². The van der Waals surface area contributed by atoms with E-state index >= 15 is 0 Å². The Balaban J connectivity index is 1.26. The van der Waals surface area contributed by atoms with Gasteiger partial charge < -0.3 is 27.5 Å². The lowest BCUT2D eigenvalue weighted by Crippen LogP contribution is -2.54. The number of nitrogens with zero attached hydrogens (tertiary/aromatic N) is 2. The Morgan fingerprint density at radius 2 is 0.837 bits per heavy atom. The van der Waals surface area contributed by atoms with E-state index in [1.54, 1.807) is 24.3 Å². The zero-order valence-corrected chi connectivity index (χ0v) is 30.8. The molecule has 0 saturated carbocycles. The molecule has 0 bridgehead atoms. The van der Waals surface area contributed by atoms with Crippen LogP contribution in [0.25, 0.3) is 0 Å². The van der Waals surface area contributed by atoms with Gasteiger partial charge in [0.1, 0.15) is 37.8 Å². The third kappa shape index (κ3) is 13.1. The lowest BCUT2D eigenvalue weighted by atomic mass is 10.1. The van der Waals surface area contributed by atoms with Gasteiger partial charge in [0.15, 0.2) is 0 Å². The first-order chi connectivity index (χ1) is 23.2. The van der Waals surface area contributed by atoms with E-state index in [0.29, 0.717) is 50.4 Å². The molecule has 0 aliphatic carbocycles. The van der Waals surface area contributed by atoms with E-state index < -0.39 is 30.1 Å². The van der Waals surface area contributed by atoms with Gasteiger partial charge in [0, 0.05) is 11.5 Å². The van der Waals surface area contributed by atoms with Gasteiger partial charge in [0.05, 0.1) is 69.3 Å². The Bertz CT molecular complexity index is 1520. The molecule has 2 aromatic carbocycles. The van der Waals surface area contributed by atoms with Crippen LogP contribution in [0.1, 0.15) is 64.2 Å². The fourth-order valence-corrected chi connectivity index (χ4v) is 9.59. The predicted octanol–water partition coefficient (Wildman–Crippen LogP) is 3.93. The van der Waals surface area contributed by atoms with Crippen LogP contribution in [0.5, 0.6) is 11.5 Å². The maximum atomic E-state index is 13.4. The molecule has 4 rings (SSSR count). The first-order valence-electron chi connectivity index (χ1n) is 17.5. The van der Waals surface area contributed by atoms with E-state index in [-0.39, 0.29) is 21.3 Å². The molecule has 0 radical (unpaired) electrons. The van der Waals surface area contributed by atoms with Crippen molar-refractivity contribution in [1.82, 2.24) is 0 Å². The SMILES string of the molecule is O=S(=O)([O-])CCCC[N+]1(CCOc2ccc(S(=O)(=O)c3ccc(OCC[N+]4(CCCCS(=O)(=O)[O-])CCCCC4)cc3)cc2)CCCCC1. The summed E-state index contributed by atoms with van der Waals surface area (Å²) in [5.41, 5.74) is 0. The summed E-state index contributed by atoms with van der Waals surface area (Å²) in [6.45, 7) is 7.99. The average molecular weight is 745 g/mol. The van der Waals surface area contributed by atoms with Gasteiger partial charge in [-0.3, -0.25) is 0 Å². The molecular formula is C34H52N2O10S3. The Hall–Kier alpha value is -2.27. The number of hydrogen-bond acceptors (Lipinski definition) is 10. The maximum absolute atomic E-state index is 13.4. The summed E-state index contributed by atoms with van der Waals surface area (Å²) in [6, 6.07) is 12.8. The second-order valence-electron chi connectivity index (χ2n) is 13.7. The summed E-state index contributed by atoms with van der Waals surface area (Å²) in [4.78, 5) is 0.311. The molecule has 0 N–H and O–H groups in total. The van der Waals surface area contributed by atoms with Gasteiger partial charge in [-0.05, 0) is 113 Å². The Kier molecular flexibility index (Phi) is 14.3. The molecule has 0 spiro atoms.